The van der Waals surface area contributed by atoms with Crippen LogP contribution >= 0.6 is 12.4 Å². The third-order valence-electron chi connectivity index (χ3n) is 6.86. The van der Waals surface area contributed by atoms with Crippen molar-refractivity contribution < 1.29 is 9.21 Å². The zero-order chi connectivity index (χ0) is 24.2. The van der Waals surface area contributed by atoms with E-state index in [2.05, 4.69) is 51.0 Å². The largest absolute Gasteiger partial charge is 0.454 e. The van der Waals surface area contributed by atoms with Gasteiger partial charge < -0.3 is 24.0 Å². The number of aromatic nitrogens is 2. The molecule has 2 aliphatic rings. The molecule has 10 heteroatoms. The second-order valence-corrected chi connectivity index (χ2v) is 8.99. The fourth-order valence-electron chi connectivity index (χ4n) is 4.70. The minimum Gasteiger partial charge on any atom is -0.454 e. The number of carbonyl (C=O) groups excluding carboxylic acids is 1. The summed E-state index contributed by atoms with van der Waals surface area (Å²) in [6.07, 6.45) is 0. The molecule has 0 unspecified atom stereocenters. The molecule has 0 aliphatic carbocycles. The number of amides is 1. The molecule has 0 atom stereocenters. The lowest BCUT2D eigenvalue weighted by Crippen LogP contribution is -2.48. The van der Waals surface area contributed by atoms with Gasteiger partial charge in [-0.2, -0.15) is 5.10 Å². The van der Waals surface area contributed by atoms with E-state index in [0.717, 1.165) is 51.6 Å². The molecule has 0 saturated carbocycles. The molecule has 0 radical (unpaired) electrons. The topological polar surface area (TPSA) is 78.1 Å². The molecule has 0 spiro atoms. The average Bonchev–Trinajstić information content (AvgIpc) is 3.39. The van der Waals surface area contributed by atoms with Crippen LogP contribution in [0, 0.1) is 0 Å². The number of benzene rings is 1. The molecule has 2 saturated heterocycles. The van der Waals surface area contributed by atoms with Crippen molar-refractivity contribution in [1.82, 2.24) is 19.6 Å². The summed E-state index contributed by atoms with van der Waals surface area (Å²) in [5.41, 5.74) is 1.03. The maximum absolute atomic E-state index is 12.8. The first-order chi connectivity index (χ1) is 17.1. The van der Waals surface area contributed by atoms with E-state index in [1.165, 1.54) is 10.4 Å². The van der Waals surface area contributed by atoms with E-state index in [0.29, 0.717) is 24.6 Å². The van der Waals surface area contributed by atoms with E-state index in [1.54, 1.807) is 24.3 Å². The minimum atomic E-state index is -0.198. The summed E-state index contributed by atoms with van der Waals surface area (Å²) in [7, 11) is 0. The number of nitrogens with zero attached hydrogens (tertiary/aromatic N) is 6. The van der Waals surface area contributed by atoms with Crippen molar-refractivity contribution in [1.29, 1.82) is 0 Å². The van der Waals surface area contributed by atoms with Gasteiger partial charge in [-0.05, 0) is 36.9 Å². The SMILES string of the molecule is CCN1CCN(C(=O)c2ccc(Cn3nc(N4CCN(c5ccccc5)CC4)ccc3=O)o2)CC1.Cl. The first-order valence-electron chi connectivity index (χ1n) is 12.3. The Labute approximate surface area is 217 Å². The zero-order valence-corrected chi connectivity index (χ0v) is 21.4. The molecule has 2 aliphatic heterocycles. The predicted molar refractivity (Wildman–Crippen MR) is 142 cm³/mol. The Hall–Kier alpha value is -3.30. The van der Waals surface area contributed by atoms with E-state index < -0.39 is 0 Å². The molecule has 2 aromatic heterocycles. The molecule has 192 valence electrons. The maximum Gasteiger partial charge on any atom is 0.289 e. The number of hydrogen-bond donors (Lipinski definition) is 0. The van der Waals surface area contributed by atoms with E-state index in [4.69, 9.17) is 4.42 Å². The van der Waals surface area contributed by atoms with Crippen molar-refractivity contribution in [2.24, 2.45) is 0 Å². The van der Waals surface area contributed by atoms with Crippen LogP contribution in [0.25, 0.3) is 0 Å². The molecular weight excluding hydrogens is 480 g/mol. The molecule has 1 aromatic carbocycles. The van der Waals surface area contributed by atoms with Gasteiger partial charge in [0.25, 0.3) is 11.5 Å². The standard InChI is InChI=1S/C26H32N6O3.ClH/c1-2-28-12-14-31(15-13-28)26(34)23-9-8-22(35-23)20-32-25(33)11-10-24(27-32)30-18-16-29(17-19-30)21-6-4-3-5-7-21;/h3-11H,2,12-20H2,1H3;1H. The monoisotopic (exact) mass is 512 g/mol. The number of furan rings is 1. The third-order valence-corrected chi connectivity index (χ3v) is 6.86. The number of para-hydroxylation sites is 1. The highest BCUT2D eigenvalue weighted by atomic mass is 35.5. The fourth-order valence-corrected chi connectivity index (χ4v) is 4.70. The molecule has 9 nitrogen and oxygen atoms in total. The minimum absolute atomic E-state index is 0. The Morgan fingerprint density at radius 1 is 0.861 bits per heavy atom. The first kappa shape index (κ1) is 25.8. The molecule has 0 N–H and O–H groups in total. The summed E-state index contributed by atoms with van der Waals surface area (Å²) in [5.74, 6) is 1.53. The smallest absolute Gasteiger partial charge is 0.289 e. The van der Waals surface area contributed by atoms with E-state index in [-0.39, 0.29) is 30.4 Å². The number of halogens is 1. The molecule has 4 heterocycles. The second-order valence-electron chi connectivity index (χ2n) is 8.99. The highest BCUT2D eigenvalue weighted by Crippen LogP contribution is 2.19. The number of piperazine rings is 2. The van der Waals surface area contributed by atoms with Crippen LogP contribution in [0.1, 0.15) is 23.2 Å². The Morgan fingerprint density at radius 3 is 2.25 bits per heavy atom. The Balaban J connectivity index is 0.00000304. The van der Waals surface area contributed by atoms with Gasteiger partial charge in [0.1, 0.15) is 18.1 Å². The molecule has 0 bridgehead atoms. The molecule has 2 fully saturated rings. The average molecular weight is 513 g/mol. The summed E-state index contributed by atoms with van der Waals surface area (Å²) >= 11 is 0. The van der Waals surface area contributed by atoms with Gasteiger partial charge >= 0.3 is 0 Å². The quantitative estimate of drug-likeness (QED) is 0.502. The normalized spacial score (nSPS) is 16.6. The van der Waals surface area contributed by atoms with E-state index >= 15 is 0 Å². The van der Waals surface area contributed by atoms with Gasteiger partial charge in [0.05, 0.1) is 0 Å². The van der Waals surface area contributed by atoms with Gasteiger partial charge in [-0.15, -0.1) is 12.4 Å². The van der Waals surface area contributed by atoms with Crippen LogP contribution in [0.2, 0.25) is 0 Å². The summed E-state index contributed by atoms with van der Waals surface area (Å²) in [4.78, 5) is 34.0. The number of hydrogen-bond acceptors (Lipinski definition) is 7. The van der Waals surface area contributed by atoms with E-state index in [9.17, 15) is 9.59 Å². The maximum atomic E-state index is 12.8. The van der Waals surface area contributed by atoms with Crippen molar-refractivity contribution in [2.75, 3.05) is 68.7 Å². The summed E-state index contributed by atoms with van der Waals surface area (Å²) in [5, 5.41) is 4.60. The van der Waals surface area contributed by atoms with Crippen LogP contribution in [0.5, 0.6) is 0 Å². The lowest BCUT2D eigenvalue weighted by molar-refractivity contribution is 0.0610. The van der Waals surface area contributed by atoms with Gasteiger partial charge in [0.2, 0.25) is 0 Å². The van der Waals surface area contributed by atoms with Crippen LogP contribution in [0.15, 0.2) is 63.8 Å². The van der Waals surface area contributed by atoms with E-state index in [1.807, 2.05) is 11.0 Å². The Morgan fingerprint density at radius 2 is 1.56 bits per heavy atom. The van der Waals surface area contributed by atoms with Crippen molar-refractivity contribution >= 4 is 29.8 Å². The van der Waals surface area contributed by atoms with Crippen LogP contribution in [-0.2, 0) is 6.54 Å². The van der Waals surface area contributed by atoms with Crippen molar-refractivity contribution in [3.8, 4) is 0 Å². The molecule has 1 amide bonds. The first-order valence-corrected chi connectivity index (χ1v) is 12.3. The van der Waals surface area contributed by atoms with Crippen LogP contribution < -0.4 is 15.4 Å². The molecule has 5 rings (SSSR count). The molecule has 3 aromatic rings. The third kappa shape index (κ3) is 5.74. The number of carbonyl (C=O) groups is 1. The van der Waals surface area contributed by atoms with Gasteiger partial charge in [-0.1, -0.05) is 25.1 Å². The molecular formula is C26H33ClN6O3. The highest BCUT2D eigenvalue weighted by Gasteiger charge is 2.24. The number of likely N-dealkylation sites (N-methyl/N-ethyl adjacent to an activating group) is 1. The fraction of sp³-hybridized carbons (Fsp3) is 0.423. The number of anilines is 2. The van der Waals surface area contributed by atoms with Crippen molar-refractivity contribution in [3.05, 3.63) is 76.5 Å². The predicted octanol–water partition coefficient (Wildman–Crippen LogP) is 2.41. The van der Waals surface area contributed by atoms with Crippen molar-refractivity contribution in [2.45, 2.75) is 13.5 Å². The summed E-state index contributed by atoms with van der Waals surface area (Å²) < 4.78 is 7.24. The summed E-state index contributed by atoms with van der Waals surface area (Å²) in [6.45, 7) is 9.89. The van der Waals surface area contributed by atoms with Crippen LogP contribution in [0.4, 0.5) is 11.5 Å². The molecule has 36 heavy (non-hydrogen) atoms. The number of rotatable bonds is 6. The van der Waals surface area contributed by atoms with Crippen LogP contribution in [-0.4, -0.2) is 84.4 Å². The van der Waals surface area contributed by atoms with Gasteiger partial charge in [0, 0.05) is 64.1 Å². The Kier molecular flexibility index (Phi) is 8.32. The van der Waals surface area contributed by atoms with Gasteiger partial charge in [-0.25, -0.2) is 4.68 Å². The lowest BCUT2D eigenvalue weighted by Gasteiger charge is -2.36. The zero-order valence-electron chi connectivity index (χ0n) is 20.6. The summed E-state index contributed by atoms with van der Waals surface area (Å²) in [6, 6.07) is 17.2. The Bertz CT molecular complexity index is 1200. The van der Waals surface area contributed by atoms with Crippen molar-refractivity contribution in [3.63, 3.8) is 0 Å². The van der Waals surface area contributed by atoms with Gasteiger partial charge in [0.15, 0.2) is 5.76 Å². The van der Waals surface area contributed by atoms with Crippen LogP contribution in [0.3, 0.4) is 0 Å². The van der Waals surface area contributed by atoms with Gasteiger partial charge in [-0.3, -0.25) is 9.59 Å². The lowest BCUT2D eigenvalue weighted by atomic mass is 10.2. The second kappa shape index (κ2) is 11.6. The highest BCUT2D eigenvalue weighted by molar-refractivity contribution is 5.91.